The van der Waals surface area contributed by atoms with Crippen molar-refractivity contribution < 1.29 is 22.7 Å². The summed E-state index contributed by atoms with van der Waals surface area (Å²) in [7, 11) is -1.23. The van der Waals surface area contributed by atoms with Gasteiger partial charge in [0.25, 0.3) is 10.0 Å². The smallest absolute Gasteiger partial charge is 0.264 e. The van der Waals surface area contributed by atoms with Gasteiger partial charge in [-0.1, -0.05) is 29.8 Å². The van der Waals surface area contributed by atoms with Crippen molar-refractivity contribution in [2.75, 3.05) is 30.0 Å². The van der Waals surface area contributed by atoms with Crippen LogP contribution in [-0.2, 0) is 21.2 Å². The molecular formula is C25H25ClN2O5S. The van der Waals surface area contributed by atoms with Gasteiger partial charge in [-0.3, -0.25) is 9.10 Å². The molecule has 4 rings (SSSR count). The number of benzene rings is 3. The maximum atomic E-state index is 13.8. The molecule has 9 heteroatoms. The first-order chi connectivity index (χ1) is 16.3. The van der Waals surface area contributed by atoms with Crippen molar-refractivity contribution in [3.05, 3.63) is 77.3 Å². The van der Waals surface area contributed by atoms with Gasteiger partial charge in [0.15, 0.2) is 11.5 Å². The maximum absolute atomic E-state index is 13.8. The lowest BCUT2D eigenvalue weighted by Gasteiger charge is -2.29. The number of sulfonamides is 1. The van der Waals surface area contributed by atoms with Gasteiger partial charge in [0.1, 0.15) is 6.54 Å². The van der Waals surface area contributed by atoms with E-state index in [0.29, 0.717) is 22.9 Å². The number of methoxy groups -OCH3 is 2. The number of fused-ring (bicyclic) bond motifs is 1. The molecule has 1 aliphatic heterocycles. The number of ether oxygens (including phenoxy) is 2. The summed E-state index contributed by atoms with van der Waals surface area (Å²) in [4.78, 5) is 15.2. The average molecular weight is 501 g/mol. The lowest BCUT2D eigenvalue weighted by atomic mass is 10.1. The molecule has 0 saturated heterocycles. The Morgan fingerprint density at radius 1 is 1.03 bits per heavy atom. The van der Waals surface area contributed by atoms with Crippen molar-refractivity contribution in [3.63, 3.8) is 0 Å². The molecule has 1 atom stereocenters. The van der Waals surface area contributed by atoms with Crippen LogP contribution in [0.25, 0.3) is 0 Å². The van der Waals surface area contributed by atoms with Crippen LogP contribution in [0.4, 0.5) is 11.4 Å². The third-order valence-electron chi connectivity index (χ3n) is 5.81. The molecule has 34 heavy (non-hydrogen) atoms. The predicted molar refractivity (Wildman–Crippen MR) is 133 cm³/mol. The van der Waals surface area contributed by atoms with Crippen LogP contribution >= 0.6 is 11.6 Å². The van der Waals surface area contributed by atoms with Crippen LogP contribution < -0.4 is 18.7 Å². The monoisotopic (exact) mass is 500 g/mol. The number of amides is 1. The van der Waals surface area contributed by atoms with Crippen LogP contribution in [-0.4, -0.2) is 41.1 Å². The fourth-order valence-corrected chi connectivity index (χ4v) is 5.73. The zero-order valence-corrected chi connectivity index (χ0v) is 20.6. The molecule has 7 nitrogen and oxygen atoms in total. The average Bonchev–Trinajstić information content (AvgIpc) is 3.18. The molecule has 178 valence electrons. The van der Waals surface area contributed by atoms with Crippen LogP contribution in [0.2, 0.25) is 5.02 Å². The molecule has 1 amide bonds. The molecule has 1 aliphatic rings. The summed E-state index contributed by atoms with van der Waals surface area (Å²) in [5, 5.41) is 0.459. The molecule has 3 aromatic carbocycles. The summed E-state index contributed by atoms with van der Waals surface area (Å²) >= 11 is 6.03. The van der Waals surface area contributed by atoms with E-state index in [9.17, 15) is 13.2 Å². The fourth-order valence-electron chi connectivity index (χ4n) is 4.17. The number of hydrogen-bond acceptors (Lipinski definition) is 5. The van der Waals surface area contributed by atoms with Gasteiger partial charge >= 0.3 is 0 Å². The van der Waals surface area contributed by atoms with Gasteiger partial charge in [-0.05, 0) is 61.4 Å². The van der Waals surface area contributed by atoms with Gasteiger partial charge in [0.2, 0.25) is 5.91 Å². The summed E-state index contributed by atoms with van der Waals surface area (Å²) in [6.45, 7) is 1.57. The topological polar surface area (TPSA) is 76.2 Å². The van der Waals surface area contributed by atoms with E-state index >= 15 is 0 Å². The molecule has 0 fully saturated rings. The van der Waals surface area contributed by atoms with Gasteiger partial charge < -0.3 is 14.4 Å². The van der Waals surface area contributed by atoms with Crippen LogP contribution in [0, 0.1) is 0 Å². The van der Waals surface area contributed by atoms with Crippen molar-refractivity contribution in [1.29, 1.82) is 0 Å². The summed E-state index contributed by atoms with van der Waals surface area (Å²) in [6.07, 6.45) is 0.714. The Morgan fingerprint density at radius 2 is 1.71 bits per heavy atom. The van der Waals surface area contributed by atoms with Gasteiger partial charge in [-0.2, -0.15) is 0 Å². The van der Waals surface area contributed by atoms with Crippen molar-refractivity contribution in [1.82, 2.24) is 0 Å². The zero-order valence-electron chi connectivity index (χ0n) is 19.1. The van der Waals surface area contributed by atoms with Crippen molar-refractivity contribution in [3.8, 4) is 11.5 Å². The number of para-hydroxylation sites is 1. The SMILES string of the molecule is COc1ccc(S(=O)(=O)N(CC(=O)N2c3ccccc3C[C@H]2C)c2ccc(Cl)cc2)cc1OC. The van der Waals surface area contributed by atoms with E-state index in [1.54, 1.807) is 29.2 Å². The molecule has 0 bridgehead atoms. The van der Waals surface area contributed by atoms with E-state index in [0.717, 1.165) is 15.6 Å². The van der Waals surface area contributed by atoms with Gasteiger partial charge in [-0.25, -0.2) is 8.42 Å². The highest BCUT2D eigenvalue weighted by molar-refractivity contribution is 7.92. The zero-order chi connectivity index (χ0) is 24.5. The number of nitrogens with zero attached hydrogens (tertiary/aromatic N) is 2. The Balaban J connectivity index is 1.75. The van der Waals surface area contributed by atoms with Crippen molar-refractivity contribution in [2.24, 2.45) is 0 Å². The molecule has 1 heterocycles. The normalized spacial score (nSPS) is 15.1. The highest BCUT2D eigenvalue weighted by atomic mass is 35.5. The summed E-state index contributed by atoms with van der Waals surface area (Å²) in [5.74, 6) is 0.350. The van der Waals surface area contributed by atoms with E-state index < -0.39 is 10.0 Å². The molecule has 0 aromatic heterocycles. The standard InChI is InChI=1S/C25H25ClN2O5S/c1-17-14-18-6-4-5-7-22(18)28(17)25(29)16-27(20-10-8-19(26)9-11-20)34(30,31)21-12-13-23(32-2)24(15-21)33-3/h4-13,15,17H,14,16H2,1-3H3/t17-/m1/s1. The van der Waals surface area contributed by atoms with Gasteiger partial charge in [0.05, 0.1) is 24.8 Å². The first kappa shape index (κ1) is 23.9. The molecule has 0 unspecified atom stereocenters. The highest BCUT2D eigenvalue weighted by Gasteiger charge is 2.35. The van der Waals surface area contributed by atoms with E-state index in [1.807, 2.05) is 31.2 Å². The van der Waals surface area contributed by atoms with Crippen LogP contribution in [0.3, 0.4) is 0 Å². The number of hydrogen-bond donors (Lipinski definition) is 0. The minimum Gasteiger partial charge on any atom is -0.493 e. The Hall–Kier alpha value is -3.23. The van der Waals surface area contributed by atoms with E-state index in [1.165, 1.54) is 32.4 Å². The lowest BCUT2D eigenvalue weighted by molar-refractivity contribution is -0.117. The van der Waals surface area contributed by atoms with E-state index in [-0.39, 0.29) is 29.1 Å². The molecule has 0 N–H and O–H groups in total. The summed E-state index contributed by atoms with van der Waals surface area (Å²) in [6, 6.07) is 18.3. The third kappa shape index (κ3) is 4.43. The van der Waals surface area contributed by atoms with Crippen LogP contribution in [0.1, 0.15) is 12.5 Å². The second-order valence-corrected chi connectivity index (χ2v) is 10.2. The number of carbonyl (C=O) groups excluding carboxylic acids is 1. The minimum absolute atomic E-state index is 0.0252. The molecule has 0 radical (unpaired) electrons. The second kappa shape index (κ2) is 9.56. The fraction of sp³-hybridized carbons (Fsp3) is 0.240. The molecule has 0 spiro atoms. The predicted octanol–water partition coefficient (Wildman–Crippen LogP) is 4.53. The quantitative estimate of drug-likeness (QED) is 0.476. The van der Waals surface area contributed by atoms with E-state index in [4.69, 9.17) is 21.1 Å². The highest BCUT2D eigenvalue weighted by Crippen LogP contribution is 2.35. The van der Waals surface area contributed by atoms with E-state index in [2.05, 4.69) is 0 Å². The maximum Gasteiger partial charge on any atom is 0.264 e. The Bertz CT molecular complexity index is 1310. The third-order valence-corrected chi connectivity index (χ3v) is 7.83. The lowest BCUT2D eigenvalue weighted by Crippen LogP contribution is -2.45. The molecule has 0 aliphatic carbocycles. The van der Waals surface area contributed by atoms with Crippen LogP contribution in [0.5, 0.6) is 11.5 Å². The summed E-state index contributed by atoms with van der Waals surface area (Å²) in [5.41, 5.74) is 2.19. The number of halogens is 1. The first-order valence-electron chi connectivity index (χ1n) is 10.7. The van der Waals surface area contributed by atoms with Gasteiger partial charge in [0, 0.05) is 22.8 Å². The summed E-state index contributed by atoms with van der Waals surface area (Å²) < 4.78 is 39.2. The molecule has 0 saturated carbocycles. The first-order valence-corrected chi connectivity index (χ1v) is 12.5. The minimum atomic E-state index is -4.14. The number of rotatable bonds is 7. The number of anilines is 2. The van der Waals surface area contributed by atoms with Crippen molar-refractivity contribution in [2.45, 2.75) is 24.3 Å². The molecule has 3 aromatic rings. The largest absolute Gasteiger partial charge is 0.493 e. The Labute approximate surface area is 204 Å². The number of carbonyl (C=O) groups is 1. The van der Waals surface area contributed by atoms with Gasteiger partial charge in [-0.15, -0.1) is 0 Å². The second-order valence-electron chi connectivity index (χ2n) is 7.95. The van der Waals surface area contributed by atoms with Crippen LogP contribution in [0.15, 0.2) is 71.6 Å². The Kier molecular flexibility index (Phi) is 6.72. The van der Waals surface area contributed by atoms with Crippen molar-refractivity contribution >= 4 is 38.9 Å². The Morgan fingerprint density at radius 3 is 2.38 bits per heavy atom. The molecular weight excluding hydrogens is 476 g/mol.